The van der Waals surface area contributed by atoms with Gasteiger partial charge in [-0.2, -0.15) is 4.98 Å². The lowest BCUT2D eigenvalue weighted by Crippen LogP contribution is -2.35. The second-order valence-corrected chi connectivity index (χ2v) is 3.69. The Morgan fingerprint density at radius 1 is 1.56 bits per heavy atom. The van der Waals surface area contributed by atoms with Crippen LogP contribution in [0.2, 0.25) is 0 Å². The van der Waals surface area contributed by atoms with Gasteiger partial charge >= 0.3 is 5.97 Å². The fourth-order valence-corrected chi connectivity index (χ4v) is 1.39. The van der Waals surface area contributed by atoms with Gasteiger partial charge in [0.05, 0.1) is 0 Å². The average molecular weight is 253 g/mol. The molecule has 18 heavy (non-hydrogen) atoms. The normalized spacial score (nSPS) is 10.1. The minimum Gasteiger partial charge on any atom is -0.480 e. The first kappa shape index (κ1) is 13.9. The van der Waals surface area contributed by atoms with E-state index in [4.69, 9.17) is 9.63 Å². The van der Waals surface area contributed by atoms with Crippen molar-refractivity contribution >= 4 is 11.9 Å². The van der Waals surface area contributed by atoms with Gasteiger partial charge in [0, 0.05) is 19.4 Å². The van der Waals surface area contributed by atoms with Crippen LogP contribution in [0.4, 0.5) is 0 Å². The zero-order valence-electron chi connectivity index (χ0n) is 10.1. The highest BCUT2D eigenvalue weighted by Crippen LogP contribution is 2.03. The molecule has 1 aromatic heterocycles. The quantitative estimate of drug-likeness (QED) is 0.707. The van der Waals surface area contributed by atoms with Crippen LogP contribution in [-0.4, -0.2) is 45.1 Å². The third kappa shape index (κ3) is 4.36. The summed E-state index contributed by atoms with van der Waals surface area (Å²) in [7, 11) is 0. The monoisotopic (exact) mass is 253 g/mol. The lowest BCUT2D eigenvalue weighted by atomic mass is 10.2. The lowest BCUT2D eigenvalue weighted by molar-refractivity contribution is -0.144. The van der Waals surface area contributed by atoms with E-state index < -0.39 is 5.97 Å². The molecule has 0 saturated heterocycles. The van der Waals surface area contributed by atoms with Gasteiger partial charge < -0.3 is 14.5 Å². The maximum absolute atomic E-state index is 11.8. The molecule has 0 aliphatic heterocycles. The van der Waals surface area contributed by atoms with E-state index in [1.807, 2.05) is 0 Å². The van der Waals surface area contributed by atoms with Crippen LogP contribution >= 0.6 is 0 Å². The number of hydrogen-bond acceptors (Lipinski definition) is 5. The van der Waals surface area contributed by atoms with E-state index in [2.05, 4.69) is 16.7 Å². The van der Waals surface area contributed by atoms with E-state index in [0.29, 0.717) is 18.1 Å². The Labute approximate surface area is 104 Å². The number of aryl methyl sites for hydroxylation is 2. The average Bonchev–Trinajstić information content (AvgIpc) is 2.71. The van der Waals surface area contributed by atoms with Gasteiger partial charge in [0.25, 0.3) is 0 Å². The Kier molecular flexibility index (Phi) is 5.04. The van der Waals surface area contributed by atoms with Crippen molar-refractivity contribution in [2.75, 3.05) is 13.1 Å². The summed E-state index contributed by atoms with van der Waals surface area (Å²) in [4.78, 5) is 27.5. The van der Waals surface area contributed by atoms with Gasteiger partial charge in [-0.25, -0.2) is 0 Å². The molecule has 1 rings (SSSR count). The molecular weight excluding hydrogens is 238 g/mol. The molecule has 7 heteroatoms. The van der Waals surface area contributed by atoms with Crippen molar-refractivity contribution in [2.24, 2.45) is 0 Å². The first-order chi connectivity index (χ1) is 8.52. The van der Waals surface area contributed by atoms with Crippen LogP contribution in [0.5, 0.6) is 0 Å². The Morgan fingerprint density at radius 2 is 2.28 bits per heavy atom. The molecule has 0 fully saturated rings. The fraction of sp³-hybridized carbons (Fsp3) is 0.455. The van der Waals surface area contributed by atoms with Gasteiger partial charge in [-0.05, 0) is 6.92 Å². The number of carboxylic acids is 1. The molecule has 1 N–H and O–H groups in total. The van der Waals surface area contributed by atoms with Crippen molar-refractivity contribution in [3.63, 3.8) is 0 Å². The van der Waals surface area contributed by atoms with Crippen molar-refractivity contribution in [3.05, 3.63) is 24.4 Å². The number of aromatic nitrogens is 2. The molecule has 98 valence electrons. The lowest BCUT2D eigenvalue weighted by Gasteiger charge is -2.18. The van der Waals surface area contributed by atoms with E-state index in [9.17, 15) is 9.59 Å². The van der Waals surface area contributed by atoms with Gasteiger partial charge in [0.2, 0.25) is 11.8 Å². The summed E-state index contributed by atoms with van der Waals surface area (Å²) in [5.41, 5.74) is 0. The van der Waals surface area contributed by atoms with Crippen LogP contribution in [0.25, 0.3) is 0 Å². The molecule has 0 aromatic carbocycles. The summed E-state index contributed by atoms with van der Waals surface area (Å²) in [6.07, 6.45) is 1.91. The van der Waals surface area contributed by atoms with Gasteiger partial charge in [0.1, 0.15) is 6.54 Å². The number of rotatable bonds is 7. The first-order valence-corrected chi connectivity index (χ1v) is 5.42. The molecule has 0 atom stereocenters. The number of nitrogens with zero attached hydrogens (tertiary/aromatic N) is 3. The third-order valence-electron chi connectivity index (χ3n) is 2.15. The smallest absolute Gasteiger partial charge is 0.323 e. The Hall–Kier alpha value is -2.18. The maximum Gasteiger partial charge on any atom is 0.323 e. The summed E-state index contributed by atoms with van der Waals surface area (Å²) in [6.45, 7) is 5.03. The highest BCUT2D eigenvalue weighted by atomic mass is 16.5. The van der Waals surface area contributed by atoms with E-state index in [0.717, 1.165) is 0 Å². The number of aliphatic carboxylic acids is 1. The number of amides is 1. The van der Waals surface area contributed by atoms with Crippen LogP contribution in [0.15, 0.2) is 17.2 Å². The number of carboxylic acid groups (broad SMARTS) is 1. The summed E-state index contributed by atoms with van der Waals surface area (Å²) < 4.78 is 4.87. The van der Waals surface area contributed by atoms with Crippen LogP contribution < -0.4 is 0 Å². The zero-order valence-corrected chi connectivity index (χ0v) is 10.1. The molecular formula is C11H15N3O4. The molecule has 1 heterocycles. The zero-order chi connectivity index (χ0) is 13.5. The minimum atomic E-state index is -1.06. The molecule has 1 amide bonds. The van der Waals surface area contributed by atoms with Crippen LogP contribution in [-0.2, 0) is 16.0 Å². The molecule has 7 nitrogen and oxygen atoms in total. The summed E-state index contributed by atoms with van der Waals surface area (Å²) in [5.74, 6) is -0.465. The molecule has 0 aliphatic rings. The van der Waals surface area contributed by atoms with Gasteiger partial charge in [-0.3, -0.25) is 9.59 Å². The molecule has 1 aromatic rings. The van der Waals surface area contributed by atoms with Crippen molar-refractivity contribution < 1.29 is 19.2 Å². The topological polar surface area (TPSA) is 96.5 Å². The summed E-state index contributed by atoms with van der Waals surface area (Å²) in [5, 5.41) is 12.3. The van der Waals surface area contributed by atoms with E-state index in [-0.39, 0.29) is 25.4 Å². The van der Waals surface area contributed by atoms with Crippen LogP contribution in [0.3, 0.4) is 0 Å². The SMILES string of the molecule is C=CCN(CC(=O)O)C(=O)CCc1nc(C)no1. The van der Waals surface area contributed by atoms with Crippen molar-refractivity contribution in [3.8, 4) is 0 Å². The summed E-state index contributed by atoms with van der Waals surface area (Å²) >= 11 is 0. The van der Waals surface area contributed by atoms with Crippen molar-refractivity contribution in [1.29, 1.82) is 0 Å². The highest BCUT2D eigenvalue weighted by molar-refractivity contribution is 5.81. The van der Waals surface area contributed by atoms with E-state index in [1.165, 1.54) is 11.0 Å². The second kappa shape index (κ2) is 6.53. The second-order valence-electron chi connectivity index (χ2n) is 3.69. The molecule has 0 bridgehead atoms. The minimum absolute atomic E-state index is 0.128. The Balaban J connectivity index is 2.50. The molecule has 0 radical (unpaired) electrons. The van der Waals surface area contributed by atoms with E-state index in [1.54, 1.807) is 6.92 Å². The molecule has 0 saturated carbocycles. The number of carbonyl (C=O) groups is 2. The Bertz CT molecular complexity index is 441. The predicted molar refractivity (Wildman–Crippen MR) is 61.8 cm³/mol. The van der Waals surface area contributed by atoms with E-state index >= 15 is 0 Å². The van der Waals surface area contributed by atoms with Crippen molar-refractivity contribution in [1.82, 2.24) is 15.0 Å². The number of carbonyl (C=O) groups excluding carboxylic acids is 1. The molecule has 0 spiro atoms. The highest BCUT2D eigenvalue weighted by Gasteiger charge is 2.16. The number of hydrogen-bond donors (Lipinski definition) is 1. The molecule has 0 aliphatic carbocycles. The van der Waals surface area contributed by atoms with Crippen molar-refractivity contribution in [2.45, 2.75) is 19.8 Å². The maximum atomic E-state index is 11.8. The molecule has 0 unspecified atom stereocenters. The van der Waals surface area contributed by atoms with Gasteiger partial charge in [-0.1, -0.05) is 11.2 Å². The standard InChI is InChI=1S/C11H15N3O4/c1-3-6-14(7-11(16)17)10(15)5-4-9-12-8(2)13-18-9/h3H,1,4-7H2,2H3,(H,16,17). The van der Waals surface area contributed by atoms with Gasteiger partial charge in [-0.15, -0.1) is 6.58 Å². The fourth-order valence-electron chi connectivity index (χ4n) is 1.39. The summed E-state index contributed by atoms with van der Waals surface area (Å²) in [6, 6.07) is 0. The Morgan fingerprint density at radius 3 is 2.78 bits per heavy atom. The predicted octanol–water partition coefficient (Wildman–Crippen LogP) is 0.410. The first-order valence-electron chi connectivity index (χ1n) is 5.42. The van der Waals surface area contributed by atoms with Crippen LogP contribution in [0, 0.1) is 6.92 Å². The van der Waals surface area contributed by atoms with Gasteiger partial charge in [0.15, 0.2) is 5.82 Å². The largest absolute Gasteiger partial charge is 0.480 e. The third-order valence-corrected chi connectivity index (χ3v) is 2.15. The van der Waals surface area contributed by atoms with Crippen LogP contribution in [0.1, 0.15) is 18.1 Å².